The molecule has 6 heteroatoms. The Kier molecular flexibility index (Phi) is 5.32. The van der Waals surface area contributed by atoms with Gasteiger partial charge in [-0.05, 0) is 52.0 Å². The number of nitrogens with zero attached hydrogens (tertiary/aromatic N) is 4. The molecule has 6 nitrogen and oxygen atoms in total. The molecule has 0 unspecified atom stereocenters. The second kappa shape index (κ2) is 7.69. The Hall–Kier alpha value is -1.40. The minimum Gasteiger partial charge on any atom is -0.376 e. The molecular formula is C20H32N4O2. The molecule has 144 valence electrons. The van der Waals surface area contributed by atoms with E-state index in [9.17, 15) is 4.79 Å². The lowest BCUT2D eigenvalue weighted by Crippen LogP contribution is -2.49. The van der Waals surface area contributed by atoms with E-state index in [1.165, 1.54) is 5.56 Å². The Bertz CT molecular complexity index is 625. The van der Waals surface area contributed by atoms with Gasteiger partial charge in [0, 0.05) is 56.5 Å². The number of rotatable bonds is 5. The van der Waals surface area contributed by atoms with Crippen molar-refractivity contribution in [2.45, 2.75) is 76.6 Å². The molecule has 4 heterocycles. The van der Waals surface area contributed by atoms with Gasteiger partial charge < -0.3 is 9.64 Å². The first-order valence-corrected chi connectivity index (χ1v) is 10.3. The maximum absolute atomic E-state index is 12.6. The summed E-state index contributed by atoms with van der Waals surface area (Å²) in [5.74, 6) is 0.346. The van der Waals surface area contributed by atoms with Crippen LogP contribution in [0.25, 0.3) is 0 Å². The van der Waals surface area contributed by atoms with Crippen molar-refractivity contribution in [3.8, 4) is 0 Å². The molecule has 1 spiro atoms. The van der Waals surface area contributed by atoms with Gasteiger partial charge in [0.05, 0.1) is 12.3 Å². The highest BCUT2D eigenvalue weighted by Gasteiger charge is 2.46. The summed E-state index contributed by atoms with van der Waals surface area (Å²) < 4.78 is 7.82. The van der Waals surface area contributed by atoms with Crippen LogP contribution in [0, 0.1) is 0 Å². The predicted octanol–water partition coefficient (Wildman–Crippen LogP) is 2.43. The molecular weight excluding hydrogens is 328 g/mol. The summed E-state index contributed by atoms with van der Waals surface area (Å²) in [4.78, 5) is 17.4. The van der Waals surface area contributed by atoms with Crippen LogP contribution < -0.4 is 0 Å². The molecule has 0 saturated carbocycles. The van der Waals surface area contributed by atoms with Crippen molar-refractivity contribution in [1.82, 2.24) is 19.6 Å². The van der Waals surface area contributed by atoms with Crippen molar-refractivity contribution in [3.63, 3.8) is 0 Å². The minimum absolute atomic E-state index is 0.0748. The predicted molar refractivity (Wildman–Crippen MR) is 99.7 cm³/mol. The Morgan fingerprint density at radius 3 is 2.96 bits per heavy atom. The molecule has 0 N–H and O–H groups in total. The third kappa shape index (κ3) is 3.67. The third-order valence-corrected chi connectivity index (χ3v) is 6.51. The highest BCUT2D eigenvalue weighted by molar-refractivity contribution is 5.79. The van der Waals surface area contributed by atoms with Gasteiger partial charge in [0.1, 0.15) is 0 Å². The van der Waals surface area contributed by atoms with Crippen molar-refractivity contribution in [3.05, 3.63) is 18.0 Å². The van der Waals surface area contributed by atoms with Gasteiger partial charge >= 0.3 is 0 Å². The average Bonchev–Trinajstić information content (AvgIpc) is 3.34. The van der Waals surface area contributed by atoms with E-state index in [0.29, 0.717) is 5.91 Å². The van der Waals surface area contributed by atoms with Gasteiger partial charge in [-0.25, -0.2) is 0 Å². The lowest BCUT2D eigenvalue weighted by atomic mass is 9.87. The molecule has 3 aliphatic rings. The minimum atomic E-state index is 0.0748. The van der Waals surface area contributed by atoms with Crippen LogP contribution in [0.3, 0.4) is 0 Å². The summed E-state index contributed by atoms with van der Waals surface area (Å²) >= 11 is 0. The molecule has 2 atom stereocenters. The SMILES string of the molecule is CCn1cc(CN2CCC[C@]3(CCC(=O)N3C[C@@H]3CCCO3)CC2)cn1. The molecule has 26 heavy (non-hydrogen) atoms. The van der Waals surface area contributed by atoms with E-state index in [2.05, 4.69) is 28.0 Å². The number of carbonyl (C=O) groups is 1. The Morgan fingerprint density at radius 1 is 1.27 bits per heavy atom. The second-order valence-corrected chi connectivity index (χ2v) is 8.20. The molecule has 4 rings (SSSR count). The summed E-state index contributed by atoms with van der Waals surface area (Å²) in [6.45, 7) is 7.85. The fraction of sp³-hybridized carbons (Fsp3) is 0.800. The molecule has 3 fully saturated rings. The smallest absolute Gasteiger partial charge is 0.223 e. The number of ether oxygens (including phenoxy) is 1. The molecule has 1 aromatic heterocycles. The van der Waals surface area contributed by atoms with Gasteiger partial charge in [-0.1, -0.05) is 0 Å². The molecule has 3 aliphatic heterocycles. The van der Waals surface area contributed by atoms with Crippen molar-refractivity contribution < 1.29 is 9.53 Å². The Balaban J connectivity index is 1.40. The fourth-order valence-corrected chi connectivity index (χ4v) is 4.99. The van der Waals surface area contributed by atoms with E-state index in [4.69, 9.17) is 4.74 Å². The summed E-state index contributed by atoms with van der Waals surface area (Å²) in [6, 6.07) is 0. The van der Waals surface area contributed by atoms with E-state index in [0.717, 1.165) is 84.3 Å². The molecule has 0 radical (unpaired) electrons. The lowest BCUT2D eigenvalue weighted by molar-refractivity contribution is -0.133. The maximum Gasteiger partial charge on any atom is 0.223 e. The van der Waals surface area contributed by atoms with Crippen molar-refractivity contribution in [2.75, 3.05) is 26.2 Å². The van der Waals surface area contributed by atoms with E-state index >= 15 is 0 Å². The number of hydrogen-bond acceptors (Lipinski definition) is 4. The maximum atomic E-state index is 12.6. The Morgan fingerprint density at radius 2 is 2.19 bits per heavy atom. The first-order valence-electron chi connectivity index (χ1n) is 10.3. The fourth-order valence-electron chi connectivity index (χ4n) is 4.99. The van der Waals surface area contributed by atoms with E-state index in [-0.39, 0.29) is 11.6 Å². The van der Waals surface area contributed by atoms with Crippen LogP contribution in [0.1, 0.15) is 57.4 Å². The van der Waals surface area contributed by atoms with Gasteiger partial charge in [0.25, 0.3) is 0 Å². The number of likely N-dealkylation sites (tertiary alicyclic amines) is 2. The quantitative estimate of drug-likeness (QED) is 0.809. The molecule has 0 aromatic carbocycles. The highest BCUT2D eigenvalue weighted by Crippen LogP contribution is 2.40. The van der Waals surface area contributed by atoms with Gasteiger partial charge in [0.2, 0.25) is 5.91 Å². The number of hydrogen-bond donors (Lipinski definition) is 0. The highest BCUT2D eigenvalue weighted by atomic mass is 16.5. The van der Waals surface area contributed by atoms with E-state index < -0.39 is 0 Å². The van der Waals surface area contributed by atoms with Crippen molar-refractivity contribution in [1.29, 1.82) is 0 Å². The van der Waals surface area contributed by atoms with Gasteiger partial charge in [0.15, 0.2) is 0 Å². The van der Waals surface area contributed by atoms with Crippen LogP contribution in [0.5, 0.6) is 0 Å². The molecule has 3 saturated heterocycles. The summed E-state index contributed by atoms with van der Waals surface area (Å²) in [6.07, 6.45) is 11.8. The summed E-state index contributed by atoms with van der Waals surface area (Å²) in [7, 11) is 0. The number of aromatic nitrogens is 2. The second-order valence-electron chi connectivity index (χ2n) is 8.20. The number of amides is 1. The van der Waals surface area contributed by atoms with E-state index in [1.54, 1.807) is 0 Å². The largest absolute Gasteiger partial charge is 0.376 e. The van der Waals surface area contributed by atoms with E-state index in [1.807, 2.05) is 10.9 Å². The summed E-state index contributed by atoms with van der Waals surface area (Å²) in [5, 5.41) is 4.40. The van der Waals surface area contributed by atoms with Crippen LogP contribution in [-0.2, 0) is 22.6 Å². The molecule has 0 aliphatic carbocycles. The third-order valence-electron chi connectivity index (χ3n) is 6.51. The van der Waals surface area contributed by atoms with Crippen LogP contribution in [0.15, 0.2) is 12.4 Å². The first kappa shape index (κ1) is 18.0. The van der Waals surface area contributed by atoms with Crippen LogP contribution in [-0.4, -0.2) is 63.4 Å². The zero-order valence-electron chi connectivity index (χ0n) is 16.0. The van der Waals surface area contributed by atoms with Crippen LogP contribution >= 0.6 is 0 Å². The standard InChI is InChI=1S/C20H32N4O2/c1-2-23-15-17(13-21-23)14-22-10-4-7-20(9-11-22)8-6-19(25)24(20)16-18-5-3-12-26-18/h13,15,18H,2-12,14,16H2,1H3/t18-,20-/m0/s1. The topological polar surface area (TPSA) is 50.6 Å². The molecule has 1 aromatic rings. The zero-order chi connectivity index (χ0) is 18.0. The van der Waals surface area contributed by atoms with Crippen molar-refractivity contribution in [2.24, 2.45) is 0 Å². The Labute approximate surface area is 156 Å². The zero-order valence-corrected chi connectivity index (χ0v) is 16.0. The number of carbonyl (C=O) groups excluding carboxylic acids is 1. The summed E-state index contributed by atoms with van der Waals surface area (Å²) in [5.41, 5.74) is 1.37. The number of aryl methyl sites for hydroxylation is 1. The molecule has 0 bridgehead atoms. The van der Waals surface area contributed by atoms with Crippen LogP contribution in [0.4, 0.5) is 0 Å². The lowest BCUT2D eigenvalue weighted by Gasteiger charge is -2.39. The van der Waals surface area contributed by atoms with Crippen molar-refractivity contribution >= 4 is 5.91 Å². The normalized spacial score (nSPS) is 30.4. The van der Waals surface area contributed by atoms with Gasteiger partial charge in [-0.2, -0.15) is 5.10 Å². The monoisotopic (exact) mass is 360 g/mol. The molecule has 1 amide bonds. The van der Waals surface area contributed by atoms with Crippen LogP contribution in [0.2, 0.25) is 0 Å². The van der Waals surface area contributed by atoms with Gasteiger partial charge in [-0.3, -0.25) is 14.4 Å². The first-order chi connectivity index (χ1) is 12.7. The van der Waals surface area contributed by atoms with Gasteiger partial charge in [-0.15, -0.1) is 0 Å². The average molecular weight is 361 g/mol.